The fourth-order valence-corrected chi connectivity index (χ4v) is 6.81. The van der Waals surface area contributed by atoms with Crippen molar-refractivity contribution >= 4 is 110 Å². The number of hydrogen-bond acceptors (Lipinski definition) is 5. The molecule has 7 nitrogen and oxygen atoms in total. The standard InChI is InChI=1S/C25H14Br4Cl2N2O5/c1-10(22(34)11-3-6-13(38-2)7-4-11)32(23(35)14-8-5-12(30)9-15(14)31)33-24(36)16-17(25(33)37)19(27)21(29)20(28)18(16)26/h3-10H,1-2H3/t10-/m1/s1. The molecule has 196 valence electrons. The Kier molecular flexibility index (Phi) is 8.76. The Hall–Kier alpha value is -1.76. The first kappa shape index (κ1) is 29.2. The molecule has 38 heavy (non-hydrogen) atoms. The molecule has 3 aromatic carbocycles. The van der Waals surface area contributed by atoms with Crippen molar-refractivity contribution in [2.75, 3.05) is 7.11 Å². The molecule has 3 amide bonds. The first-order chi connectivity index (χ1) is 17.9. The summed E-state index contributed by atoms with van der Waals surface area (Å²) in [5, 5.41) is 1.76. The van der Waals surface area contributed by atoms with Gasteiger partial charge in [-0.15, -0.1) is 0 Å². The number of Topliss-reactive ketones (excluding diaryl/α,β-unsaturated/α-hetero) is 1. The summed E-state index contributed by atoms with van der Waals surface area (Å²) in [4.78, 5) is 55.0. The lowest BCUT2D eigenvalue weighted by Crippen LogP contribution is -2.56. The van der Waals surface area contributed by atoms with E-state index in [9.17, 15) is 19.2 Å². The number of carbonyl (C=O) groups is 4. The predicted octanol–water partition coefficient (Wildman–Crippen LogP) is 7.98. The van der Waals surface area contributed by atoms with E-state index in [1.165, 1.54) is 44.4 Å². The third-order valence-electron chi connectivity index (χ3n) is 5.79. The SMILES string of the molecule is COc1ccc(C(=O)[C@@H](C)N(C(=O)c2ccc(Cl)cc2Cl)N2C(=O)c3c(Br)c(Br)c(Br)c(Br)c3C2=O)cc1. The van der Waals surface area contributed by atoms with Crippen molar-refractivity contribution in [1.82, 2.24) is 10.0 Å². The van der Waals surface area contributed by atoms with E-state index in [4.69, 9.17) is 27.9 Å². The van der Waals surface area contributed by atoms with Gasteiger partial charge in [0.25, 0.3) is 17.7 Å². The van der Waals surface area contributed by atoms with Crippen LogP contribution in [0.1, 0.15) is 48.4 Å². The topological polar surface area (TPSA) is 84.0 Å². The maximum atomic E-state index is 13.9. The Morgan fingerprint density at radius 2 is 1.39 bits per heavy atom. The summed E-state index contributed by atoms with van der Waals surface area (Å²) in [6, 6.07) is 9.10. The van der Waals surface area contributed by atoms with E-state index in [2.05, 4.69) is 63.7 Å². The van der Waals surface area contributed by atoms with Crippen molar-refractivity contribution in [3.63, 3.8) is 0 Å². The summed E-state index contributed by atoms with van der Waals surface area (Å²) in [5.74, 6) is -2.46. The molecule has 1 atom stereocenters. The highest BCUT2D eigenvalue weighted by Gasteiger charge is 2.48. The molecule has 1 aliphatic rings. The zero-order valence-electron chi connectivity index (χ0n) is 19.3. The number of nitrogens with zero attached hydrogens (tertiary/aromatic N) is 2. The zero-order chi connectivity index (χ0) is 28.0. The number of ketones is 1. The van der Waals surface area contributed by atoms with Crippen molar-refractivity contribution in [3.05, 3.63) is 92.7 Å². The number of hydrogen-bond donors (Lipinski definition) is 0. The molecule has 3 aromatic rings. The largest absolute Gasteiger partial charge is 0.497 e. The molecule has 4 rings (SSSR count). The van der Waals surface area contributed by atoms with Gasteiger partial charge in [-0.05, 0) is 113 Å². The second-order valence-electron chi connectivity index (χ2n) is 7.97. The molecule has 0 fully saturated rings. The van der Waals surface area contributed by atoms with Gasteiger partial charge >= 0.3 is 0 Å². The van der Waals surface area contributed by atoms with Crippen LogP contribution in [0.2, 0.25) is 10.0 Å². The maximum absolute atomic E-state index is 13.9. The van der Waals surface area contributed by atoms with Crippen molar-refractivity contribution in [2.45, 2.75) is 13.0 Å². The van der Waals surface area contributed by atoms with Crippen molar-refractivity contribution in [2.24, 2.45) is 0 Å². The molecule has 0 aromatic heterocycles. The average Bonchev–Trinajstić information content (AvgIpc) is 3.15. The van der Waals surface area contributed by atoms with Gasteiger partial charge < -0.3 is 4.74 Å². The Morgan fingerprint density at radius 1 is 0.868 bits per heavy atom. The van der Waals surface area contributed by atoms with Gasteiger partial charge in [0.2, 0.25) is 0 Å². The Labute approximate surface area is 260 Å². The molecule has 0 radical (unpaired) electrons. The summed E-state index contributed by atoms with van der Waals surface area (Å²) >= 11 is 25.8. The first-order valence-electron chi connectivity index (χ1n) is 10.6. The van der Waals surface area contributed by atoms with Crippen LogP contribution in [0.25, 0.3) is 0 Å². The Bertz CT molecular complexity index is 1480. The van der Waals surface area contributed by atoms with Crippen LogP contribution in [0.15, 0.2) is 60.4 Å². The Morgan fingerprint density at radius 3 is 1.87 bits per heavy atom. The fourth-order valence-electron chi connectivity index (χ4n) is 3.87. The molecular weight excluding hydrogens is 799 g/mol. The van der Waals surface area contributed by atoms with Gasteiger partial charge in [0.05, 0.1) is 28.8 Å². The number of rotatable bonds is 6. The number of hydrazine groups is 1. The minimum atomic E-state index is -1.30. The number of amides is 3. The van der Waals surface area contributed by atoms with E-state index in [1.54, 1.807) is 12.1 Å². The van der Waals surface area contributed by atoms with E-state index in [0.29, 0.717) is 28.6 Å². The molecule has 0 spiro atoms. The number of halogens is 6. The second-order valence-corrected chi connectivity index (χ2v) is 12.0. The van der Waals surface area contributed by atoms with Crippen LogP contribution in [0, 0.1) is 0 Å². The Balaban J connectivity index is 1.87. The predicted molar refractivity (Wildman–Crippen MR) is 157 cm³/mol. The van der Waals surface area contributed by atoms with Crippen LogP contribution in [0.5, 0.6) is 5.75 Å². The van der Waals surface area contributed by atoms with Crippen molar-refractivity contribution in [3.8, 4) is 5.75 Å². The van der Waals surface area contributed by atoms with Gasteiger partial charge in [0, 0.05) is 28.5 Å². The molecule has 0 saturated heterocycles. The van der Waals surface area contributed by atoms with Crippen LogP contribution in [-0.2, 0) is 0 Å². The maximum Gasteiger partial charge on any atom is 0.282 e. The normalized spacial score (nSPS) is 13.4. The fraction of sp³-hybridized carbons (Fsp3) is 0.120. The monoisotopic (exact) mass is 808 g/mol. The van der Waals surface area contributed by atoms with Gasteiger partial charge in [0.15, 0.2) is 5.78 Å². The molecular formula is C25H14Br4Cl2N2O5. The smallest absolute Gasteiger partial charge is 0.282 e. The lowest BCUT2D eigenvalue weighted by molar-refractivity contribution is -0.00684. The summed E-state index contributed by atoms with van der Waals surface area (Å²) in [7, 11) is 1.49. The van der Waals surface area contributed by atoms with E-state index in [-0.39, 0.29) is 32.3 Å². The lowest BCUT2D eigenvalue weighted by atomic mass is 10.0. The highest BCUT2D eigenvalue weighted by Crippen LogP contribution is 2.46. The van der Waals surface area contributed by atoms with Gasteiger partial charge in [-0.3, -0.25) is 19.2 Å². The quantitative estimate of drug-likeness (QED) is 0.109. The summed E-state index contributed by atoms with van der Waals surface area (Å²) in [6.45, 7) is 1.42. The molecule has 0 N–H and O–H groups in total. The minimum absolute atomic E-state index is 0.0129. The van der Waals surface area contributed by atoms with E-state index >= 15 is 0 Å². The lowest BCUT2D eigenvalue weighted by Gasteiger charge is -2.34. The van der Waals surface area contributed by atoms with E-state index < -0.39 is 29.5 Å². The van der Waals surface area contributed by atoms with Crippen LogP contribution in [0.3, 0.4) is 0 Å². The summed E-state index contributed by atoms with van der Waals surface area (Å²) < 4.78 is 6.71. The van der Waals surface area contributed by atoms with E-state index in [0.717, 1.165) is 5.01 Å². The molecule has 0 saturated carbocycles. The van der Waals surface area contributed by atoms with Crippen molar-refractivity contribution < 1.29 is 23.9 Å². The summed E-state index contributed by atoms with van der Waals surface area (Å²) in [6.07, 6.45) is 0. The third-order valence-corrected chi connectivity index (χ3v) is 11.1. The molecule has 13 heteroatoms. The number of ether oxygens (including phenoxy) is 1. The minimum Gasteiger partial charge on any atom is -0.497 e. The number of methoxy groups -OCH3 is 1. The average molecular weight is 813 g/mol. The number of carbonyl (C=O) groups excluding carboxylic acids is 4. The van der Waals surface area contributed by atoms with Crippen LogP contribution in [0.4, 0.5) is 0 Å². The summed E-state index contributed by atoms with van der Waals surface area (Å²) in [5.41, 5.74) is 0.215. The highest BCUT2D eigenvalue weighted by atomic mass is 79.9. The van der Waals surface area contributed by atoms with Gasteiger partial charge in [-0.2, -0.15) is 5.01 Å². The third kappa shape index (κ3) is 4.97. The van der Waals surface area contributed by atoms with Crippen LogP contribution < -0.4 is 4.74 Å². The van der Waals surface area contributed by atoms with Crippen LogP contribution in [-0.4, -0.2) is 46.7 Å². The van der Waals surface area contributed by atoms with Crippen molar-refractivity contribution in [1.29, 1.82) is 0 Å². The van der Waals surface area contributed by atoms with E-state index in [1.807, 2.05) is 0 Å². The molecule has 0 bridgehead atoms. The number of benzene rings is 3. The molecule has 0 unspecified atom stereocenters. The molecule has 1 heterocycles. The first-order valence-corrected chi connectivity index (χ1v) is 14.5. The second kappa shape index (κ2) is 11.4. The molecule has 0 aliphatic carbocycles. The molecule has 1 aliphatic heterocycles. The van der Waals surface area contributed by atoms with Gasteiger partial charge in [-0.25, -0.2) is 5.01 Å². The van der Waals surface area contributed by atoms with Gasteiger partial charge in [-0.1, -0.05) is 23.2 Å². The van der Waals surface area contributed by atoms with Gasteiger partial charge in [0.1, 0.15) is 11.8 Å². The van der Waals surface area contributed by atoms with Crippen LogP contribution >= 0.6 is 86.9 Å². The zero-order valence-corrected chi connectivity index (χ0v) is 27.2. The highest BCUT2D eigenvalue weighted by molar-refractivity contribution is 9.15. The number of imide groups is 1. The number of fused-ring (bicyclic) bond motifs is 1.